The van der Waals surface area contributed by atoms with Crippen molar-refractivity contribution in [3.8, 4) is 11.5 Å². The molecule has 1 aromatic carbocycles. The Hall–Kier alpha value is -1.18. The Bertz CT molecular complexity index is 358. The molecule has 0 amide bonds. The van der Waals surface area contributed by atoms with E-state index in [1.54, 1.807) is 6.07 Å². The molecule has 0 saturated carbocycles. The highest BCUT2D eigenvalue weighted by atomic mass is 16.3. The molecule has 18 heavy (non-hydrogen) atoms. The van der Waals surface area contributed by atoms with Gasteiger partial charge < -0.3 is 10.2 Å². The van der Waals surface area contributed by atoms with Gasteiger partial charge in [-0.05, 0) is 37.0 Å². The van der Waals surface area contributed by atoms with E-state index < -0.39 is 0 Å². The summed E-state index contributed by atoms with van der Waals surface area (Å²) in [7, 11) is 0. The minimum absolute atomic E-state index is 0.0178. The third kappa shape index (κ3) is 4.59. The highest BCUT2D eigenvalue weighted by Gasteiger charge is 2.07. The Morgan fingerprint density at radius 2 is 1.50 bits per heavy atom. The van der Waals surface area contributed by atoms with Gasteiger partial charge in [0.15, 0.2) is 11.5 Å². The van der Waals surface area contributed by atoms with E-state index in [4.69, 9.17) is 0 Å². The van der Waals surface area contributed by atoms with Crippen molar-refractivity contribution in [2.45, 2.75) is 65.2 Å². The van der Waals surface area contributed by atoms with E-state index in [0.29, 0.717) is 0 Å². The molecule has 2 N–H and O–H groups in total. The van der Waals surface area contributed by atoms with Gasteiger partial charge in [0, 0.05) is 0 Å². The van der Waals surface area contributed by atoms with Crippen molar-refractivity contribution in [1.82, 2.24) is 0 Å². The molecular weight excluding hydrogens is 224 g/mol. The lowest BCUT2D eigenvalue weighted by molar-refractivity contribution is 0.400. The Balaban J connectivity index is 2.25. The number of phenolic OH excluding ortho intramolecular Hbond substituents is 2. The van der Waals surface area contributed by atoms with Crippen molar-refractivity contribution in [3.05, 3.63) is 23.3 Å². The molecule has 2 heteroatoms. The summed E-state index contributed by atoms with van der Waals surface area (Å²) in [6.45, 7) is 4.10. The van der Waals surface area contributed by atoms with Gasteiger partial charge in [-0.25, -0.2) is 0 Å². The highest BCUT2D eigenvalue weighted by Crippen LogP contribution is 2.31. The van der Waals surface area contributed by atoms with Gasteiger partial charge in [-0.15, -0.1) is 0 Å². The number of aryl methyl sites for hydroxylation is 1. The molecule has 1 aromatic rings. The minimum Gasteiger partial charge on any atom is -0.504 e. The first-order valence-corrected chi connectivity index (χ1v) is 7.17. The molecule has 2 nitrogen and oxygen atoms in total. The first-order chi connectivity index (χ1) is 8.66. The van der Waals surface area contributed by atoms with Crippen molar-refractivity contribution in [2.75, 3.05) is 0 Å². The third-order valence-electron chi connectivity index (χ3n) is 3.57. The summed E-state index contributed by atoms with van der Waals surface area (Å²) in [6, 6.07) is 3.50. The maximum absolute atomic E-state index is 9.64. The monoisotopic (exact) mass is 250 g/mol. The van der Waals surface area contributed by atoms with Crippen LogP contribution >= 0.6 is 0 Å². The van der Waals surface area contributed by atoms with Crippen LogP contribution in [-0.2, 0) is 6.42 Å². The van der Waals surface area contributed by atoms with Crippen molar-refractivity contribution < 1.29 is 10.2 Å². The van der Waals surface area contributed by atoms with Crippen LogP contribution in [-0.4, -0.2) is 10.2 Å². The van der Waals surface area contributed by atoms with Crippen LogP contribution in [0, 0.1) is 6.92 Å². The molecule has 0 spiro atoms. The molecule has 1 rings (SSSR count). The second-order valence-electron chi connectivity index (χ2n) is 5.09. The zero-order valence-corrected chi connectivity index (χ0v) is 11.7. The summed E-state index contributed by atoms with van der Waals surface area (Å²) in [5.41, 5.74) is 1.97. The summed E-state index contributed by atoms with van der Waals surface area (Å²) < 4.78 is 0. The first kappa shape index (κ1) is 14.9. The van der Waals surface area contributed by atoms with Crippen LogP contribution in [0.15, 0.2) is 12.1 Å². The van der Waals surface area contributed by atoms with Crippen LogP contribution in [0.2, 0.25) is 0 Å². The fraction of sp³-hybridized carbons (Fsp3) is 0.625. The van der Waals surface area contributed by atoms with E-state index in [1.807, 2.05) is 13.0 Å². The Labute approximate surface area is 111 Å². The topological polar surface area (TPSA) is 40.5 Å². The molecule has 0 aliphatic carbocycles. The average molecular weight is 250 g/mol. The lowest BCUT2D eigenvalue weighted by Crippen LogP contribution is -1.91. The van der Waals surface area contributed by atoms with Gasteiger partial charge in [0.05, 0.1) is 0 Å². The van der Waals surface area contributed by atoms with Crippen LogP contribution in [0.3, 0.4) is 0 Å². The number of rotatable bonds is 8. The Morgan fingerprint density at radius 1 is 0.889 bits per heavy atom. The normalized spacial score (nSPS) is 10.8. The van der Waals surface area contributed by atoms with E-state index in [1.165, 1.54) is 38.5 Å². The van der Waals surface area contributed by atoms with Gasteiger partial charge in [0.2, 0.25) is 0 Å². The van der Waals surface area contributed by atoms with Crippen molar-refractivity contribution >= 4 is 0 Å². The molecule has 0 aromatic heterocycles. The Kier molecular flexibility index (Phi) is 6.63. The first-order valence-electron chi connectivity index (χ1n) is 7.17. The number of aromatic hydroxyl groups is 2. The molecule has 0 saturated heterocycles. The molecule has 0 unspecified atom stereocenters. The standard InChI is InChI=1S/C16H26O2/c1-3-4-5-6-7-8-9-10-14-11-12-15(17)16(18)13(14)2/h11-12,17-18H,3-10H2,1-2H3. The summed E-state index contributed by atoms with van der Waals surface area (Å²) in [5, 5.41) is 19.0. The summed E-state index contributed by atoms with van der Waals surface area (Å²) in [5.74, 6) is 0.0197. The van der Waals surface area contributed by atoms with Gasteiger partial charge >= 0.3 is 0 Å². The lowest BCUT2D eigenvalue weighted by atomic mass is 10.00. The largest absolute Gasteiger partial charge is 0.504 e. The van der Waals surface area contributed by atoms with Gasteiger partial charge in [0.25, 0.3) is 0 Å². The SMILES string of the molecule is CCCCCCCCCc1ccc(O)c(O)c1C. The van der Waals surface area contributed by atoms with E-state index >= 15 is 0 Å². The predicted octanol–water partition coefficient (Wildman–Crippen LogP) is 4.70. The summed E-state index contributed by atoms with van der Waals surface area (Å²) in [6.07, 6.45) is 10.1. The smallest absolute Gasteiger partial charge is 0.160 e. The minimum atomic E-state index is -0.0178. The molecule has 0 aliphatic rings. The van der Waals surface area contributed by atoms with Crippen LogP contribution in [0.25, 0.3) is 0 Å². The average Bonchev–Trinajstić information content (AvgIpc) is 2.37. The second-order valence-corrected chi connectivity index (χ2v) is 5.09. The lowest BCUT2D eigenvalue weighted by Gasteiger charge is -2.09. The van der Waals surface area contributed by atoms with E-state index in [0.717, 1.165) is 24.0 Å². The van der Waals surface area contributed by atoms with E-state index in [-0.39, 0.29) is 11.5 Å². The number of unbranched alkanes of at least 4 members (excludes halogenated alkanes) is 6. The van der Waals surface area contributed by atoms with E-state index in [9.17, 15) is 10.2 Å². The molecule has 102 valence electrons. The molecule has 0 heterocycles. The fourth-order valence-corrected chi connectivity index (χ4v) is 2.27. The summed E-state index contributed by atoms with van der Waals surface area (Å²) in [4.78, 5) is 0. The third-order valence-corrected chi connectivity index (χ3v) is 3.57. The molecule has 0 fully saturated rings. The zero-order valence-electron chi connectivity index (χ0n) is 11.7. The Morgan fingerprint density at radius 3 is 2.17 bits per heavy atom. The van der Waals surface area contributed by atoms with Gasteiger partial charge in [-0.1, -0.05) is 51.5 Å². The molecule has 0 radical (unpaired) electrons. The predicted molar refractivity (Wildman–Crippen MR) is 76.2 cm³/mol. The van der Waals surface area contributed by atoms with Crippen molar-refractivity contribution in [3.63, 3.8) is 0 Å². The highest BCUT2D eigenvalue weighted by molar-refractivity contribution is 5.48. The van der Waals surface area contributed by atoms with Crippen LogP contribution < -0.4 is 0 Å². The van der Waals surface area contributed by atoms with Crippen LogP contribution in [0.4, 0.5) is 0 Å². The number of hydrogen-bond acceptors (Lipinski definition) is 2. The maximum atomic E-state index is 9.64. The van der Waals surface area contributed by atoms with Crippen molar-refractivity contribution in [2.24, 2.45) is 0 Å². The van der Waals surface area contributed by atoms with E-state index in [2.05, 4.69) is 6.92 Å². The van der Waals surface area contributed by atoms with Gasteiger partial charge in [-0.2, -0.15) is 0 Å². The fourth-order valence-electron chi connectivity index (χ4n) is 2.27. The maximum Gasteiger partial charge on any atom is 0.160 e. The number of hydrogen-bond donors (Lipinski definition) is 2. The van der Waals surface area contributed by atoms with Gasteiger partial charge in [-0.3, -0.25) is 0 Å². The van der Waals surface area contributed by atoms with Gasteiger partial charge in [0.1, 0.15) is 0 Å². The quantitative estimate of drug-likeness (QED) is 0.518. The van der Waals surface area contributed by atoms with Crippen LogP contribution in [0.1, 0.15) is 63.0 Å². The molecule has 0 bridgehead atoms. The molecular formula is C16H26O2. The van der Waals surface area contributed by atoms with Crippen molar-refractivity contribution in [1.29, 1.82) is 0 Å². The molecule has 0 aliphatic heterocycles. The molecule has 0 atom stereocenters. The second kappa shape index (κ2) is 8.02. The summed E-state index contributed by atoms with van der Waals surface area (Å²) >= 11 is 0. The zero-order chi connectivity index (χ0) is 13.4. The number of benzene rings is 1. The van der Waals surface area contributed by atoms with Crippen LogP contribution in [0.5, 0.6) is 11.5 Å². The number of phenols is 2.